The Hall–Kier alpha value is -1.85. The van der Waals surface area contributed by atoms with Crippen LogP contribution in [0.15, 0.2) is 30.3 Å². The predicted octanol–water partition coefficient (Wildman–Crippen LogP) is 3.12. The molecule has 0 atom stereocenters. The van der Waals surface area contributed by atoms with Crippen LogP contribution in [0.1, 0.15) is 34.6 Å². The van der Waals surface area contributed by atoms with E-state index in [1.165, 1.54) is 0 Å². The van der Waals surface area contributed by atoms with Crippen molar-refractivity contribution in [3.63, 3.8) is 0 Å². The number of nitrogens with zero attached hydrogens (tertiary/aromatic N) is 4. The molecule has 1 aliphatic rings. The lowest BCUT2D eigenvalue weighted by Crippen LogP contribution is -2.45. The van der Waals surface area contributed by atoms with Crippen LogP contribution in [0.2, 0.25) is 5.02 Å². The van der Waals surface area contributed by atoms with Gasteiger partial charge in [0.1, 0.15) is 0 Å². The SMILES string of the molecule is Cc1cc(C(=O)N(C)C2CCN(Cc3ccccc3Cl)CC2)nn1C. The van der Waals surface area contributed by atoms with Gasteiger partial charge in [-0.2, -0.15) is 5.10 Å². The van der Waals surface area contributed by atoms with Gasteiger partial charge >= 0.3 is 0 Å². The molecule has 0 radical (unpaired) electrons. The highest BCUT2D eigenvalue weighted by atomic mass is 35.5. The topological polar surface area (TPSA) is 41.4 Å². The van der Waals surface area contributed by atoms with Crippen LogP contribution in [0, 0.1) is 6.92 Å². The van der Waals surface area contributed by atoms with Gasteiger partial charge < -0.3 is 4.90 Å². The number of rotatable bonds is 4. The van der Waals surface area contributed by atoms with E-state index in [1.54, 1.807) is 4.68 Å². The van der Waals surface area contributed by atoms with Gasteiger partial charge in [-0.3, -0.25) is 14.4 Å². The Morgan fingerprint density at radius 2 is 2.00 bits per heavy atom. The predicted molar refractivity (Wildman–Crippen MR) is 99.8 cm³/mol. The number of carbonyl (C=O) groups is 1. The number of hydrogen-bond donors (Lipinski definition) is 0. The van der Waals surface area contributed by atoms with Crippen molar-refractivity contribution in [1.82, 2.24) is 19.6 Å². The minimum atomic E-state index is 0.00764. The molecule has 0 aliphatic carbocycles. The van der Waals surface area contributed by atoms with Crippen molar-refractivity contribution in [2.75, 3.05) is 20.1 Å². The van der Waals surface area contributed by atoms with E-state index >= 15 is 0 Å². The zero-order chi connectivity index (χ0) is 18.0. The summed E-state index contributed by atoms with van der Waals surface area (Å²) in [6.45, 7) is 4.75. The Morgan fingerprint density at radius 3 is 2.60 bits per heavy atom. The first-order valence-corrected chi connectivity index (χ1v) is 9.07. The molecule has 6 heteroatoms. The summed E-state index contributed by atoms with van der Waals surface area (Å²) in [5, 5.41) is 5.13. The van der Waals surface area contributed by atoms with Gasteiger partial charge in [-0.25, -0.2) is 0 Å². The van der Waals surface area contributed by atoms with E-state index in [2.05, 4.69) is 16.1 Å². The molecule has 0 spiro atoms. The highest BCUT2D eigenvalue weighted by molar-refractivity contribution is 6.31. The number of halogens is 1. The number of aryl methyl sites for hydroxylation is 2. The molecule has 1 aromatic heterocycles. The Kier molecular flexibility index (Phi) is 5.45. The fourth-order valence-corrected chi connectivity index (χ4v) is 3.54. The number of hydrogen-bond acceptors (Lipinski definition) is 3. The van der Waals surface area contributed by atoms with Crippen molar-refractivity contribution >= 4 is 17.5 Å². The van der Waals surface area contributed by atoms with Crippen molar-refractivity contribution < 1.29 is 4.79 Å². The molecule has 1 fully saturated rings. The van der Waals surface area contributed by atoms with Gasteiger partial charge in [-0.15, -0.1) is 0 Å². The van der Waals surface area contributed by atoms with Crippen LogP contribution in [0.25, 0.3) is 0 Å². The van der Waals surface area contributed by atoms with Crippen LogP contribution in [0.5, 0.6) is 0 Å². The van der Waals surface area contributed by atoms with Crippen LogP contribution < -0.4 is 0 Å². The van der Waals surface area contributed by atoms with Gasteiger partial charge in [0.05, 0.1) is 0 Å². The van der Waals surface area contributed by atoms with Crippen LogP contribution in [-0.4, -0.2) is 51.7 Å². The molecule has 2 heterocycles. The van der Waals surface area contributed by atoms with Gasteiger partial charge in [-0.05, 0) is 37.5 Å². The minimum absolute atomic E-state index is 0.00764. The van der Waals surface area contributed by atoms with E-state index in [-0.39, 0.29) is 11.9 Å². The number of likely N-dealkylation sites (tertiary alicyclic amines) is 1. The third kappa shape index (κ3) is 4.05. The van der Waals surface area contributed by atoms with Crippen LogP contribution >= 0.6 is 11.6 Å². The molecule has 25 heavy (non-hydrogen) atoms. The highest BCUT2D eigenvalue weighted by Gasteiger charge is 2.27. The lowest BCUT2D eigenvalue weighted by molar-refractivity contribution is 0.0630. The minimum Gasteiger partial charge on any atom is -0.337 e. The smallest absolute Gasteiger partial charge is 0.274 e. The molecule has 3 rings (SSSR count). The van der Waals surface area contributed by atoms with E-state index in [1.807, 2.05) is 50.2 Å². The summed E-state index contributed by atoms with van der Waals surface area (Å²) < 4.78 is 1.74. The molecule has 134 valence electrons. The summed E-state index contributed by atoms with van der Waals surface area (Å²) in [6, 6.07) is 10.1. The first-order chi connectivity index (χ1) is 12.0. The quantitative estimate of drug-likeness (QED) is 0.841. The lowest BCUT2D eigenvalue weighted by Gasteiger charge is -2.36. The molecular formula is C19H25ClN4O. The Morgan fingerprint density at radius 1 is 1.32 bits per heavy atom. The summed E-state index contributed by atoms with van der Waals surface area (Å²) in [6.07, 6.45) is 1.94. The Balaban J connectivity index is 1.56. The Bertz CT molecular complexity index is 730. The first kappa shape index (κ1) is 18.0. The van der Waals surface area contributed by atoms with E-state index in [4.69, 9.17) is 11.6 Å². The van der Waals surface area contributed by atoms with E-state index in [0.717, 1.165) is 48.8 Å². The monoisotopic (exact) mass is 360 g/mol. The second kappa shape index (κ2) is 7.58. The van der Waals surface area contributed by atoms with Gasteiger partial charge in [0.2, 0.25) is 0 Å². The van der Waals surface area contributed by atoms with Crippen molar-refractivity contribution in [3.05, 3.63) is 52.3 Å². The van der Waals surface area contributed by atoms with Crippen LogP contribution in [0.3, 0.4) is 0 Å². The normalized spacial score (nSPS) is 16.2. The van der Waals surface area contributed by atoms with Crippen LogP contribution in [-0.2, 0) is 13.6 Å². The van der Waals surface area contributed by atoms with Crippen molar-refractivity contribution in [3.8, 4) is 0 Å². The molecule has 1 amide bonds. The van der Waals surface area contributed by atoms with Crippen molar-refractivity contribution in [2.45, 2.75) is 32.4 Å². The van der Waals surface area contributed by atoms with Gasteiger partial charge in [0.15, 0.2) is 5.69 Å². The second-order valence-corrected chi connectivity index (χ2v) is 7.22. The van der Waals surface area contributed by atoms with Crippen molar-refractivity contribution in [2.24, 2.45) is 7.05 Å². The second-order valence-electron chi connectivity index (χ2n) is 6.81. The maximum Gasteiger partial charge on any atom is 0.274 e. The molecule has 2 aromatic rings. The first-order valence-electron chi connectivity index (χ1n) is 8.69. The summed E-state index contributed by atoms with van der Waals surface area (Å²) in [7, 11) is 3.75. The average Bonchev–Trinajstić information content (AvgIpc) is 2.95. The fourth-order valence-electron chi connectivity index (χ4n) is 3.34. The molecule has 1 saturated heterocycles. The lowest BCUT2D eigenvalue weighted by atomic mass is 10.0. The molecule has 0 saturated carbocycles. The molecule has 1 aliphatic heterocycles. The molecule has 0 bridgehead atoms. The number of benzene rings is 1. The fraction of sp³-hybridized carbons (Fsp3) is 0.474. The molecule has 5 nitrogen and oxygen atoms in total. The standard InChI is InChI=1S/C19H25ClN4O/c1-14-12-18(21-23(14)3)19(25)22(2)16-8-10-24(11-9-16)13-15-6-4-5-7-17(15)20/h4-7,12,16H,8-11,13H2,1-3H3. The average molecular weight is 361 g/mol. The summed E-state index contributed by atoms with van der Waals surface area (Å²) in [4.78, 5) is 16.9. The maximum absolute atomic E-state index is 12.6. The summed E-state index contributed by atoms with van der Waals surface area (Å²) >= 11 is 6.26. The summed E-state index contributed by atoms with van der Waals surface area (Å²) in [5.41, 5.74) is 2.68. The number of aromatic nitrogens is 2. The Labute approximate surface area is 154 Å². The zero-order valence-corrected chi connectivity index (χ0v) is 15.8. The number of amides is 1. The van der Waals surface area contributed by atoms with Gasteiger partial charge in [0, 0.05) is 50.5 Å². The highest BCUT2D eigenvalue weighted by Crippen LogP contribution is 2.22. The van der Waals surface area contributed by atoms with E-state index < -0.39 is 0 Å². The largest absolute Gasteiger partial charge is 0.337 e. The molecular weight excluding hydrogens is 336 g/mol. The van der Waals surface area contributed by atoms with Crippen molar-refractivity contribution in [1.29, 1.82) is 0 Å². The molecule has 0 N–H and O–H groups in total. The van der Waals surface area contributed by atoms with Gasteiger partial charge in [-0.1, -0.05) is 29.8 Å². The van der Waals surface area contributed by atoms with E-state index in [0.29, 0.717) is 5.69 Å². The third-order valence-electron chi connectivity index (χ3n) is 5.11. The van der Waals surface area contributed by atoms with Gasteiger partial charge in [0.25, 0.3) is 5.91 Å². The molecule has 0 unspecified atom stereocenters. The number of piperidine rings is 1. The third-order valence-corrected chi connectivity index (χ3v) is 5.48. The summed E-state index contributed by atoms with van der Waals surface area (Å²) in [5.74, 6) is 0.00764. The van der Waals surface area contributed by atoms with Crippen LogP contribution in [0.4, 0.5) is 0 Å². The zero-order valence-electron chi connectivity index (χ0n) is 15.1. The molecule has 1 aromatic carbocycles. The number of carbonyl (C=O) groups excluding carboxylic acids is 1. The van der Waals surface area contributed by atoms with E-state index in [9.17, 15) is 4.79 Å². The maximum atomic E-state index is 12.6.